The summed E-state index contributed by atoms with van der Waals surface area (Å²) in [6, 6.07) is 16.5. The maximum absolute atomic E-state index is 8.49. The molecule has 0 spiro atoms. The fraction of sp³-hybridized carbons (Fsp3) is 0.150. The summed E-state index contributed by atoms with van der Waals surface area (Å²) in [5.74, 6) is 0.882. The Bertz CT molecular complexity index is 1030. The van der Waals surface area contributed by atoms with E-state index in [1.165, 1.54) is 22.1 Å². The minimum absolute atomic E-state index is 0.859. The number of methoxy groups -OCH3 is 1. The maximum atomic E-state index is 8.49. The topological polar surface area (TPSA) is 117 Å². The van der Waals surface area contributed by atoms with Gasteiger partial charge in [0.05, 0.1) is 18.2 Å². The third-order valence-corrected chi connectivity index (χ3v) is 4.17. The lowest BCUT2D eigenvalue weighted by atomic mass is 9.98. The van der Waals surface area contributed by atoms with Crippen molar-refractivity contribution in [3.63, 3.8) is 0 Å². The minimum atomic E-state index is -4.94. The zero-order chi connectivity index (χ0) is 20.3. The molecule has 2 aliphatic heterocycles. The van der Waals surface area contributed by atoms with Crippen LogP contribution in [0.3, 0.4) is 0 Å². The molecule has 2 aliphatic rings. The molecule has 2 aromatic rings. The lowest BCUT2D eigenvalue weighted by Gasteiger charge is -2.17. The van der Waals surface area contributed by atoms with Crippen LogP contribution in [0.4, 0.5) is 0 Å². The normalized spacial score (nSPS) is 11.4. The van der Waals surface area contributed by atoms with Gasteiger partial charge in [-0.05, 0) is 23.8 Å². The number of fused-ring (bicyclic) bond motifs is 3. The highest BCUT2D eigenvalue weighted by atomic mass is 35.7. The van der Waals surface area contributed by atoms with E-state index in [2.05, 4.69) is 40.6 Å². The van der Waals surface area contributed by atoms with Gasteiger partial charge in [-0.1, -0.05) is 30.3 Å². The summed E-state index contributed by atoms with van der Waals surface area (Å²) in [6.07, 6.45) is 4.98. The first kappa shape index (κ1) is 20.1. The molecule has 0 saturated heterocycles. The van der Waals surface area contributed by atoms with Crippen LogP contribution < -0.4 is 23.4 Å². The van der Waals surface area contributed by atoms with Crippen LogP contribution >= 0.6 is 0 Å². The van der Waals surface area contributed by atoms with Crippen LogP contribution in [-0.2, 0) is 13.5 Å². The molecule has 146 valence electrons. The summed E-state index contributed by atoms with van der Waals surface area (Å²) in [6.45, 7) is 0. The predicted octanol–water partition coefficient (Wildman–Crippen LogP) is 0.000600. The van der Waals surface area contributed by atoms with E-state index >= 15 is 0 Å². The van der Waals surface area contributed by atoms with Gasteiger partial charge >= 0.3 is 0 Å². The number of hydrogen-bond donors (Lipinski definition) is 0. The second-order valence-electron chi connectivity index (χ2n) is 6.16. The fourth-order valence-corrected chi connectivity index (χ4v) is 3.12. The molecule has 0 fully saturated rings. The summed E-state index contributed by atoms with van der Waals surface area (Å²) in [7, 11) is -1.29. The van der Waals surface area contributed by atoms with E-state index in [0.29, 0.717) is 0 Å². The predicted molar refractivity (Wildman–Crippen MR) is 92.0 cm³/mol. The maximum Gasteiger partial charge on any atom is 0.250 e. The van der Waals surface area contributed by atoms with E-state index in [0.717, 1.165) is 23.4 Å². The molecule has 8 heteroatoms. The number of benzene rings is 2. The van der Waals surface area contributed by atoms with Gasteiger partial charge in [0.15, 0.2) is 12.8 Å². The second kappa shape index (κ2) is 8.14. The number of aromatic nitrogens is 1. The Morgan fingerprint density at radius 3 is 2.25 bits per heavy atom. The van der Waals surface area contributed by atoms with E-state index in [1.807, 2.05) is 31.6 Å². The quantitative estimate of drug-likeness (QED) is 0.444. The van der Waals surface area contributed by atoms with Crippen molar-refractivity contribution in [2.75, 3.05) is 7.11 Å². The standard InChI is InChI=1S/C20H18NO2.ClHO4/c1-22-16-9-7-14(8-10-16)11-15-12-23(2)13-19-20(15)17-5-3-4-6-18(17)21-19;2-1(3,4)5/h3-10,12-13H,11H2,1-2H3;(H,2,3,4,5)/q+1;/p-1. The summed E-state index contributed by atoms with van der Waals surface area (Å²) >= 11 is 0. The Labute approximate surface area is 163 Å². The summed E-state index contributed by atoms with van der Waals surface area (Å²) in [5, 5.41) is 1.22. The smallest absolute Gasteiger partial charge is 0.250 e. The van der Waals surface area contributed by atoms with Crippen LogP contribution in [0.25, 0.3) is 22.2 Å². The molecule has 0 amide bonds. The lowest BCUT2D eigenvalue weighted by Crippen LogP contribution is -2.68. The van der Waals surface area contributed by atoms with Crippen LogP contribution in [0.5, 0.6) is 5.75 Å². The van der Waals surface area contributed by atoms with Crippen molar-refractivity contribution in [3.05, 3.63) is 72.2 Å². The third-order valence-electron chi connectivity index (χ3n) is 4.17. The molecule has 0 bridgehead atoms. The number of hydrogen-bond acceptors (Lipinski definition) is 6. The second-order valence-corrected chi connectivity index (χ2v) is 6.92. The Morgan fingerprint density at radius 2 is 1.61 bits per heavy atom. The summed E-state index contributed by atoms with van der Waals surface area (Å²) in [5.41, 5.74) is 5.81. The van der Waals surface area contributed by atoms with Gasteiger partial charge in [0, 0.05) is 17.4 Å². The average molecular weight is 404 g/mol. The summed E-state index contributed by atoms with van der Waals surface area (Å²) in [4.78, 5) is 4.74. The first-order chi connectivity index (χ1) is 13.2. The van der Waals surface area contributed by atoms with Gasteiger partial charge in [0.25, 0.3) is 0 Å². The van der Waals surface area contributed by atoms with Crippen molar-refractivity contribution in [2.24, 2.45) is 7.11 Å². The van der Waals surface area contributed by atoms with Gasteiger partial charge in [-0.25, -0.2) is 23.6 Å². The van der Waals surface area contributed by atoms with E-state index in [9.17, 15) is 0 Å². The van der Waals surface area contributed by atoms with Crippen LogP contribution in [0.2, 0.25) is 0 Å². The molecule has 0 N–H and O–H groups in total. The number of ether oxygens (including phenoxy) is 1. The number of halogens is 1. The highest BCUT2D eigenvalue weighted by Crippen LogP contribution is 2.36. The van der Waals surface area contributed by atoms with E-state index in [-0.39, 0.29) is 0 Å². The highest BCUT2D eigenvalue weighted by Gasteiger charge is 2.20. The SMILES string of the molecule is COc1ccc(Cc2c[o+](C)cc3nc4ccccc4c2-3)cc1.[O-][Cl+3]([O-])([O-])[O-]. The lowest BCUT2D eigenvalue weighted by molar-refractivity contribution is -2.00. The van der Waals surface area contributed by atoms with Crippen molar-refractivity contribution in [1.82, 2.24) is 4.98 Å². The molecule has 0 aromatic heterocycles. The van der Waals surface area contributed by atoms with E-state index in [1.54, 1.807) is 7.11 Å². The molecular weight excluding hydrogens is 386 g/mol. The Kier molecular flexibility index (Phi) is 5.83. The molecule has 28 heavy (non-hydrogen) atoms. The van der Waals surface area contributed by atoms with Crippen LogP contribution in [0.1, 0.15) is 11.1 Å². The molecule has 0 atom stereocenters. The zero-order valence-corrected chi connectivity index (χ0v) is 16.0. The van der Waals surface area contributed by atoms with Crippen molar-refractivity contribution >= 4 is 10.9 Å². The van der Waals surface area contributed by atoms with Gasteiger partial charge in [0.2, 0.25) is 12.5 Å². The van der Waals surface area contributed by atoms with E-state index < -0.39 is 10.2 Å². The van der Waals surface area contributed by atoms with Crippen molar-refractivity contribution in [2.45, 2.75) is 6.42 Å². The number of nitrogens with zero attached hydrogens (tertiary/aromatic N) is 1. The molecule has 7 nitrogen and oxygen atoms in total. The van der Waals surface area contributed by atoms with Crippen molar-refractivity contribution in [1.29, 1.82) is 0 Å². The van der Waals surface area contributed by atoms with Crippen LogP contribution in [-0.4, -0.2) is 12.1 Å². The average Bonchev–Trinajstić information content (AvgIpc) is 2.99. The fourth-order valence-electron chi connectivity index (χ4n) is 3.12. The molecule has 0 saturated carbocycles. The molecule has 4 rings (SSSR count). The molecule has 0 unspecified atom stereocenters. The van der Waals surface area contributed by atoms with Gasteiger partial charge in [-0.2, -0.15) is 0 Å². The summed E-state index contributed by atoms with van der Waals surface area (Å²) < 4.78 is 42.1. The van der Waals surface area contributed by atoms with Crippen molar-refractivity contribution < 1.29 is 37.7 Å². The minimum Gasteiger partial charge on any atom is -0.546 e. The molecular formula is C20H18ClNO6. The Balaban J connectivity index is 0.000000403. The first-order valence-electron chi connectivity index (χ1n) is 8.24. The molecule has 0 aliphatic carbocycles. The van der Waals surface area contributed by atoms with E-state index in [4.69, 9.17) is 28.4 Å². The van der Waals surface area contributed by atoms with Crippen LogP contribution in [0.15, 0.2) is 65.1 Å². The molecule has 2 heterocycles. The number of para-hydroxylation sites is 1. The third kappa shape index (κ3) is 4.98. The monoisotopic (exact) mass is 403 g/mol. The van der Waals surface area contributed by atoms with Gasteiger partial charge in [-0.15, -0.1) is 10.2 Å². The van der Waals surface area contributed by atoms with Crippen LogP contribution in [0, 0.1) is 10.2 Å². The van der Waals surface area contributed by atoms with Crippen molar-refractivity contribution in [3.8, 4) is 17.0 Å². The molecule has 2 aromatic carbocycles. The Morgan fingerprint density at radius 1 is 0.964 bits per heavy atom. The number of aryl methyl sites for hydroxylation is 1. The Hall–Kier alpha value is -2.68. The largest absolute Gasteiger partial charge is 0.546 e. The van der Waals surface area contributed by atoms with Gasteiger partial charge in [-0.3, -0.25) is 0 Å². The van der Waals surface area contributed by atoms with Gasteiger partial charge in [0.1, 0.15) is 5.75 Å². The highest BCUT2D eigenvalue weighted by molar-refractivity contribution is 5.98. The van der Waals surface area contributed by atoms with Gasteiger partial charge < -0.3 is 8.78 Å². The zero-order valence-electron chi connectivity index (χ0n) is 15.3. The molecule has 0 radical (unpaired) electrons. The number of rotatable bonds is 3. The first-order valence-corrected chi connectivity index (χ1v) is 9.47.